The molecule has 0 heterocycles. The summed E-state index contributed by atoms with van der Waals surface area (Å²) < 4.78 is 61.3. The van der Waals surface area contributed by atoms with Crippen molar-refractivity contribution in [2.75, 3.05) is 0 Å². The van der Waals surface area contributed by atoms with Crippen molar-refractivity contribution < 1.29 is 30.7 Å². The quantitative estimate of drug-likeness (QED) is 0.367. The number of nitrogens with zero attached hydrogens (tertiary/aromatic N) is 1. The van der Waals surface area contributed by atoms with E-state index in [1.807, 2.05) is 0 Å². The van der Waals surface area contributed by atoms with Gasteiger partial charge in [0.1, 0.15) is 0 Å². The van der Waals surface area contributed by atoms with Crippen molar-refractivity contribution in [3.63, 3.8) is 0 Å². The molecule has 0 bridgehead atoms. The lowest BCUT2D eigenvalue weighted by Gasteiger charge is -2.09. The van der Waals surface area contributed by atoms with Gasteiger partial charge < -0.3 is 4.18 Å². The molecule has 1 aromatic carbocycles. The van der Waals surface area contributed by atoms with Gasteiger partial charge in [0.25, 0.3) is 0 Å². The van der Waals surface area contributed by atoms with Crippen LogP contribution in [0.5, 0.6) is 5.75 Å². The molecule has 0 amide bonds. The maximum Gasteiger partial charge on any atom is 0.534 e. The first-order chi connectivity index (χ1) is 8.04. The normalized spacial score (nSPS) is 12.2. The molecule has 0 aromatic heterocycles. The van der Waals surface area contributed by atoms with Crippen LogP contribution in [0.15, 0.2) is 18.2 Å². The summed E-state index contributed by atoms with van der Waals surface area (Å²) >= 11 is 0. The second-order valence-corrected chi connectivity index (χ2v) is 4.75. The lowest BCUT2D eigenvalue weighted by atomic mass is 10.2. The molecule has 0 spiro atoms. The Kier molecular flexibility index (Phi) is 3.51. The van der Waals surface area contributed by atoms with Gasteiger partial charge in [-0.1, -0.05) is 6.07 Å². The highest BCUT2D eigenvalue weighted by Crippen LogP contribution is 2.33. The summed E-state index contributed by atoms with van der Waals surface area (Å²) in [4.78, 5) is 9.53. The van der Waals surface area contributed by atoms with Crippen molar-refractivity contribution in [2.45, 2.75) is 12.4 Å². The third-order valence-electron chi connectivity index (χ3n) is 1.79. The summed E-state index contributed by atoms with van der Waals surface area (Å²) in [5.41, 5.74) is -6.13. The van der Waals surface area contributed by atoms with Gasteiger partial charge in [0.15, 0.2) is 0 Å². The maximum absolute atomic E-state index is 12.0. The minimum atomic E-state index is -5.92. The molecule has 1 rings (SSSR count). The molecular weight excluding hydrogens is 279 g/mol. The summed E-state index contributed by atoms with van der Waals surface area (Å²) in [6, 6.07) is 2.88. The van der Waals surface area contributed by atoms with Crippen LogP contribution in [-0.4, -0.2) is 18.8 Å². The molecule has 6 nitrogen and oxygen atoms in total. The number of alkyl halides is 3. The Morgan fingerprint density at radius 2 is 1.89 bits per heavy atom. The fraction of sp³-hybridized carbons (Fsp3) is 0.250. The third kappa shape index (κ3) is 2.88. The molecule has 0 radical (unpaired) electrons. The zero-order chi connectivity index (χ0) is 14.1. The van der Waals surface area contributed by atoms with E-state index in [1.165, 1.54) is 13.0 Å². The van der Waals surface area contributed by atoms with E-state index in [-0.39, 0.29) is 0 Å². The van der Waals surface area contributed by atoms with Crippen molar-refractivity contribution in [3.05, 3.63) is 33.9 Å². The molecule has 0 unspecified atom stereocenters. The molecule has 0 aliphatic heterocycles. The molecule has 100 valence electrons. The van der Waals surface area contributed by atoms with Crippen LogP contribution in [0, 0.1) is 17.0 Å². The summed E-state index contributed by atoms with van der Waals surface area (Å²) in [5, 5.41) is 10.6. The van der Waals surface area contributed by atoms with E-state index < -0.39 is 32.0 Å². The lowest BCUT2D eigenvalue weighted by Crippen LogP contribution is -2.28. The van der Waals surface area contributed by atoms with Crippen LogP contribution >= 0.6 is 0 Å². The zero-order valence-corrected chi connectivity index (χ0v) is 9.58. The number of nitro benzene ring substituents is 1. The zero-order valence-electron chi connectivity index (χ0n) is 8.76. The maximum atomic E-state index is 12.0. The van der Waals surface area contributed by atoms with Crippen molar-refractivity contribution in [1.29, 1.82) is 0 Å². The van der Waals surface area contributed by atoms with Crippen LogP contribution in [0.3, 0.4) is 0 Å². The van der Waals surface area contributed by atoms with E-state index in [0.717, 1.165) is 12.1 Å². The van der Waals surface area contributed by atoms with Crippen molar-refractivity contribution >= 4 is 15.8 Å². The van der Waals surface area contributed by atoms with Gasteiger partial charge in [0.05, 0.1) is 4.92 Å². The predicted octanol–water partition coefficient (Wildman–Crippen LogP) is 2.13. The number of rotatable bonds is 3. The molecule has 0 saturated carbocycles. The molecular formula is C8H6F3NO5S. The third-order valence-corrected chi connectivity index (χ3v) is 2.76. The highest BCUT2D eigenvalue weighted by molar-refractivity contribution is 7.88. The standard InChI is InChI=1S/C8H6F3NO5S/c1-5-2-3-7(6(4-5)12(13)14)17-18(15,16)8(9,10)11/h2-4H,1H3. The summed E-state index contributed by atoms with van der Waals surface area (Å²) in [6.07, 6.45) is 0. The van der Waals surface area contributed by atoms with E-state index in [0.29, 0.717) is 5.56 Å². The largest absolute Gasteiger partial charge is 0.534 e. The van der Waals surface area contributed by atoms with Crippen LogP contribution in [-0.2, 0) is 10.1 Å². The monoisotopic (exact) mass is 285 g/mol. The highest BCUT2D eigenvalue weighted by atomic mass is 32.2. The fourth-order valence-electron chi connectivity index (χ4n) is 1.01. The summed E-state index contributed by atoms with van der Waals surface area (Å²) in [5.74, 6) is -0.983. The van der Waals surface area contributed by atoms with Crippen LogP contribution in [0.1, 0.15) is 5.56 Å². The van der Waals surface area contributed by atoms with Crippen LogP contribution in [0.25, 0.3) is 0 Å². The van der Waals surface area contributed by atoms with Gasteiger partial charge in [-0.2, -0.15) is 21.6 Å². The topological polar surface area (TPSA) is 86.5 Å². The van der Waals surface area contributed by atoms with E-state index in [1.54, 1.807) is 0 Å². The number of benzene rings is 1. The van der Waals surface area contributed by atoms with Crippen molar-refractivity contribution in [3.8, 4) is 5.75 Å². The Morgan fingerprint density at radius 1 is 1.33 bits per heavy atom. The predicted molar refractivity (Wildman–Crippen MR) is 53.4 cm³/mol. The van der Waals surface area contributed by atoms with Crippen LogP contribution in [0.2, 0.25) is 0 Å². The van der Waals surface area contributed by atoms with Crippen LogP contribution < -0.4 is 4.18 Å². The van der Waals surface area contributed by atoms with Gasteiger partial charge in [0, 0.05) is 6.07 Å². The Bertz CT molecular complexity index is 581. The first kappa shape index (κ1) is 14.2. The Morgan fingerprint density at radius 3 is 2.33 bits per heavy atom. The van der Waals surface area contributed by atoms with E-state index in [9.17, 15) is 31.7 Å². The van der Waals surface area contributed by atoms with Gasteiger partial charge in [-0.15, -0.1) is 0 Å². The van der Waals surface area contributed by atoms with Gasteiger partial charge in [-0.3, -0.25) is 10.1 Å². The van der Waals surface area contributed by atoms with Gasteiger partial charge in [-0.05, 0) is 18.6 Å². The minimum absolute atomic E-state index is 0.374. The minimum Gasteiger partial charge on any atom is -0.369 e. The fourth-order valence-corrected chi connectivity index (χ4v) is 1.48. The molecule has 0 saturated heterocycles. The number of halogens is 3. The van der Waals surface area contributed by atoms with E-state index in [4.69, 9.17) is 0 Å². The van der Waals surface area contributed by atoms with Gasteiger partial charge in [0.2, 0.25) is 5.75 Å². The average molecular weight is 285 g/mol. The second kappa shape index (κ2) is 4.44. The lowest BCUT2D eigenvalue weighted by molar-refractivity contribution is -0.385. The Labute approximate surface area is 99.3 Å². The molecule has 18 heavy (non-hydrogen) atoms. The van der Waals surface area contributed by atoms with Crippen molar-refractivity contribution in [2.24, 2.45) is 0 Å². The molecule has 0 aliphatic rings. The average Bonchev–Trinajstić information content (AvgIpc) is 2.18. The van der Waals surface area contributed by atoms with Crippen LogP contribution in [0.4, 0.5) is 18.9 Å². The molecule has 10 heteroatoms. The van der Waals surface area contributed by atoms with E-state index in [2.05, 4.69) is 4.18 Å². The van der Waals surface area contributed by atoms with E-state index >= 15 is 0 Å². The molecule has 0 atom stereocenters. The Balaban J connectivity index is 3.25. The number of nitro groups is 1. The summed E-state index contributed by atoms with van der Waals surface area (Å²) in [7, 11) is -5.92. The summed E-state index contributed by atoms with van der Waals surface area (Å²) in [6.45, 7) is 1.45. The van der Waals surface area contributed by atoms with Crippen molar-refractivity contribution in [1.82, 2.24) is 0 Å². The first-order valence-corrected chi connectivity index (χ1v) is 5.71. The Hall–Kier alpha value is -1.84. The highest BCUT2D eigenvalue weighted by Gasteiger charge is 2.49. The molecule has 0 fully saturated rings. The number of hydrogen-bond donors (Lipinski definition) is 0. The smallest absolute Gasteiger partial charge is 0.369 e. The second-order valence-electron chi connectivity index (χ2n) is 3.21. The van der Waals surface area contributed by atoms with Gasteiger partial charge in [-0.25, -0.2) is 0 Å². The first-order valence-electron chi connectivity index (χ1n) is 4.30. The molecule has 0 aliphatic carbocycles. The SMILES string of the molecule is Cc1ccc(OS(=O)(=O)C(F)(F)F)c([N+](=O)[O-])c1. The molecule has 0 N–H and O–H groups in total. The van der Waals surface area contributed by atoms with Gasteiger partial charge >= 0.3 is 21.3 Å². The number of aryl methyl sites for hydroxylation is 1. The number of hydrogen-bond acceptors (Lipinski definition) is 5. The molecule has 1 aromatic rings.